The van der Waals surface area contributed by atoms with E-state index in [1.807, 2.05) is 30.5 Å². The van der Waals surface area contributed by atoms with E-state index < -0.39 is 0 Å². The van der Waals surface area contributed by atoms with Crippen LogP contribution in [0.25, 0.3) is 0 Å². The molecule has 7 heteroatoms. The van der Waals surface area contributed by atoms with Crippen LogP contribution in [0.5, 0.6) is 0 Å². The first kappa shape index (κ1) is 20.2. The van der Waals surface area contributed by atoms with Crippen molar-refractivity contribution < 1.29 is 0 Å². The molecule has 0 amide bonds. The predicted octanol–water partition coefficient (Wildman–Crippen LogP) is 3.67. The number of thiazole rings is 1. The Labute approximate surface area is 163 Å². The molecule has 0 unspecified atom stereocenters. The summed E-state index contributed by atoms with van der Waals surface area (Å²) < 4.78 is 0. The van der Waals surface area contributed by atoms with Gasteiger partial charge in [-0.3, -0.25) is 4.99 Å². The maximum absolute atomic E-state index is 5.88. The van der Waals surface area contributed by atoms with Crippen molar-refractivity contribution in [2.24, 2.45) is 4.99 Å². The highest BCUT2D eigenvalue weighted by Gasteiger charge is 2.01. The third-order valence-corrected chi connectivity index (χ3v) is 4.37. The molecular weight excluding hydrogens is 443 g/mol. The average molecular weight is 465 g/mol. The Balaban J connectivity index is 0.00000264. The number of aromatic nitrogens is 1. The topological polar surface area (TPSA) is 49.3 Å². The first-order chi connectivity index (χ1) is 10.7. The van der Waals surface area contributed by atoms with Crippen molar-refractivity contribution in [1.29, 1.82) is 0 Å². The fraction of sp³-hybridized carbons (Fsp3) is 0.375. The fourth-order valence-electron chi connectivity index (χ4n) is 2.00. The van der Waals surface area contributed by atoms with Crippen LogP contribution >= 0.6 is 46.9 Å². The van der Waals surface area contributed by atoms with E-state index in [0.717, 1.165) is 41.9 Å². The number of aryl methyl sites for hydroxylation is 1. The van der Waals surface area contributed by atoms with Gasteiger partial charge in [0.1, 0.15) is 0 Å². The maximum Gasteiger partial charge on any atom is 0.191 e. The molecule has 0 saturated heterocycles. The van der Waals surface area contributed by atoms with E-state index in [1.54, 1.807) is 18.4 Å². The molecule has 0 fully saturated rings. The van der Waals surface area contributed by atoms with Gasteiger partial charge in [0.15, 0.2) is 5.96 Å². The normalized spacial score (nSPS) is 11.0. The lowest BCUT2D eigenvalue weighted by atomic mass is 10.1. The number of halogens is 2. The second-order valence-electron chi connectivity index (χ2n) is 4.92. The van der Waals surface area contributed by atoms with Crippen molar-refractivity contribution in [2.75, 3.05) is 20.1 Å². The Kier molecular flexibility index (Phi) is 9.50. The highest BCUT2D eigenvalue weighted by molar-refractivity contribution is 14.0. The van der Waals surface area contributed by atoms with Gasteiger partial charge in [0, 0.05) is 42.7 Å². The van der Waals surface area contributed by atoms with E-state index >= 15 is 0 Å². The first-order valence-electron chi connectivity index (χ1n) is 7.27. The second-order valence-corrected chi connectivity index (χ2v) is 6.67. The van der Waals surface area contributed by atoms with Crippen molar-refractivity contribution in [1.82, 2.24) is 15.6 Å². The van der Waals surface area contributed by atoms with Gasteiger partial charge in [-0.15, -0.1) is 35.3 Å². The van der Waals surface area contributed by atoms with Crippen LogP contribution in [0.4, 0.5) is 0 Å². The number of aliphatic imine (C=N–C) groups is 1. The molecule has 126 valence electrons. The van der Waals surface area contributed by atoms with Gasteiger partial charge in [0.05, 0.1) is 5.01 Å². The number of benzene rings is 1. The molecule has 0 spiro atoms. The minimum Gasteiger partial charge on any atom is -0.356 e. The quantitative estimate of drug-likeness (QED) is 0.390. The molecule has 2 N–H and O–H groups in total. The lowest BCUT2D eigenvalue weighted by molar-refractivity contribution is 0.782. The summed E-state index contributed by atoms with van der Waals surface area (Å²) in [5, 5.41) is 8.54. The summed E-state index contributed by atoms with van der Waals surface area (Å²) in [4.78, 5) is 9.83. The largest absolute Gasteiger partial charge is 0.356 e. The van der Waals surface area contributed by atoms with E-state index in [4.69, 9.17) is 11.6 Å². The van der Waals surface area contributed by atoms with Crippen LogP contribution in [0.2, 0.25) is 5.02 Å². The number of nitrogens with zero attached hydrogens (tertiary/aromatic N) is 2. The molecule has 1 heterocycles. The number of rotatable bonds is 6. The number of hydrogen-bond acceptors (Lipinski definition) is 3. The smallest absolute Gasteiger partial charge is 0.191 e. The number of guanidine groups is 1. The lowest BCUT2D eigenvalue weighted by Gasteiger charge is -2.11. The van der Waals surface area contributed by atoms with E-state index in [2.05, 4.69) is 27.5 Å². The van der Waals surface area contributed by atoms with Gasteiger partial charge in [-0.1, -0.05) is 23.7 Å². The van der Waals surface area contributed by atoms with E-state index in [9.17, 15) is 0 Å². The van der Waals surface area contributed by atoms with Gasteiger partial charge < -0.3 is 10.6 Å². The second kappa shape index (κ2) is 10.8. The number of nitrogens with one attached hydrogen (secondary N) is 2. The zero-order valence-electron chi connectivity index (χ0n) is 13.3. The molecule has 0 radical (unpaired) electrons. The third-order valence-electron chi connectivity index (χ3n) is 3.14. The summed E-state index contributed by atoms with van der Waals surface area (Å²) >= 11 is 7.62. The average Bonchev–Trinajstić information content (AvgIpc) is 2.93. The summed E-state index contributed by atoms with van der Waals surface area (Å²) in [6.45, 7) is 3.73. The van der Waals surface area contributed by atoms with Crippen molar-refractivity contribution in [3.05, 3.63) is 50.9 Å². The standard InChI is InChI=1S/C16H21ClN4S.HI/c1-12-11-21-15(22-12)8-10-20-16(18-2)19-9-7-13-3-5-14(17)6-4-13;/h3-6,11H,7-10H2,1-2H3,(H2,18,19,20);1H. The molecule has 0 atom stereocenters. The van der Waals surface area contributed by atoms with Crippen LogP contribution in [0, 0.1) is 6.92 Å². The molecule has 0 bridgehead atoms. The van der Waals surface area contributed by atoms with E-state index in [0.29, 0.717) is 0 Å². The van der Waals surface area contributed by atoms with E-state index in [-0.39, 0.29) is 24.0 Å². The molecule has 0 saturated carbocycles. The molecule has 2 rings (SSSR count). The van der Waals surface area contributed by atoms with Gasteiger partial charge in [0.2, 0.25) is 0 Å². The Bertz CT molecular complexity index is 613. The van der Waals surface area contributed by atoms with Gasteiger partial charge >= 0.3 is 0 Å². The first-order valence-corrected chi connectivity index (χ1v) is 8.47. The Morgan fingerprint density at radius 2 is 1.83 bits per heavy atom. The van der Waals surface area contributed by atoms with Crippen LogP contribution in [0.3, 0.4) is 0 Å². The fourth-order valence-corrected chi connectivity index (χ4v) is 2.91. The summed E-state index contributed by atoms with van der Waals surface area (Å²) in [6.07, 6.45) is 3.76. The SMILES string of the molecule is CN=C(NCCc1ccc(Cl)cc1)NCCc1ncc(C)s1.I. The summed E-state index contributed by atoms with van der Waals surface area (Å²) in [6, 6.07) is 7.93. The molecule has 1 aromatic heterocycles. The van der Waals surface area contributed by atoms with Gasteiger partial charge in [-0.2, -0.15) is 0 Å². The van der Waals surface area contributed by atoms with Crippen molar-refractivity contribution in [3.8, 4) is 0 Å². The van der Waals surface area contributed by atoms with Crippen LogP contribution in [0.15, 0.2) is 35.5 Å². The lowest BCUT2D eigenvalue weighted by Crippen LogP contribution is -2.39. The van der Waals surface area contributed by atoms with Crippen molar-refractivity contribution in [2.45, 2.75) is 19.8 Å². The van der Waals surface area contributed by atoms with Gasteiger partial charge in [0.25, 0.3) is 0 Å². The van der Waals surface area contributed by atoms with Gasteiger partial charge in [-0.05, 0) is 31.0 Å². The molecule has 0 aliphatic rings. The summed E-state index contributed by atoms with van der Waals surface area (Å²) in [7, 11) is 1.78. The molecule has 0 aliphatic heterocycles. The zero-order chi connectivity index (χ0) is 15.8. The van der Waals surface area contributed by atoms with Crippen LogP contribution in [-0.4, -0.2) is 31.1 Å². The Morgan fingerprint density at radius 3 is 2.39 bits per heavy atom. The molecular formula is C16H22ClIN4S. The highest BCUT2D eigenvalue weighted by Crippen LogP contribution is 2.11. The summed E-state index contributed by atoms with van der Waals surface area (Å²) in [5.74, 6) is 0.822. The maximum atomic E-state index is 5.88. The molecule has 2 aromatic rings. The minimum atomic E-state index is 0. The van der Waals surface area contributed by atoms with Crippen LogP contribution < -0.4 is 10.6 Å². The molecule has 23 heavy (non-hydrogen) atoms. The van der Waals surface area contributed by atoms with Crippen molar-refractivity contribution >= 4 is 52.9 Å². The van der Waals surface area contributed by atoms with Crippen molar-refractivity contribution in [3.63, 3.8) is 0 Å². The van der Waals surface area contributed by atoms with Crippen LogP contribution in [0.1, 0.15) is 15.4 Å². The molecule has 4 nitrogen and oxygen atoms in total. The minimum absolute atomic E-state index is 0. The van der Waals surface area contributed by atoms with E-state index in [1.165, 1.54) is 10.4 Å². The van der Waals surface area contributed by atoms with Crippen LogP contribution in [-0.2, 0) is 12.8 Å². The third kappa shape index (κ3) is 7.50. The summed E-state index contributed by atoms with van der Waals surface area (Å²) in [5.41, 5.74) is 1.26. The zero-order valence-corrected chi connectivity index (χ0v) is 17.2. The Hall–Kier alpha value is -0.860. The number of hydrogen-bond donors (Lipinski definition) is 2. The Morgan fingerprint density at radius 1 is 1.17 bits per heavy atom. The highest BCUT2D eigenvalue weighted by atomic mass is 127. The predicted molar refractivity (Wildman–Crippen MR) is 110 cm³/mol. The molecule has 0 aliphatic carbocycles. The molecule has 1 aromatic carbocycles. The monoisotopic (exact) mass is 464 g/mol. The van der Waals surface area contributed by atoms with Gasteiger partial charge in [-0.25, -0.2) is 4.98 Å².